The highest BCUT2D eigenvalue weighted by Gasteiger charge is 2.22. The van der Waals surface area contributed by atoms with Crippen molar-refractivity contribution in [2.75, 3.05) is 39.8 Å². The Labute approximate surface area is 202 Å². The van der Waals surface area contributed by atoms with E-state index in [1.807, 2.05) is 36.4 Å². The summed E-state index contributed by atoms with van der Waals surface area (Å²) in [6, 6.07) is 24.7. The number of aryl methyl sites for hydroxylation is 1. The summed E-state index contributed by atoms with van der Waals surface area (Å²) in [4.78, 5) is 5.07. The van der Waals surface area contributed by atoms with Crippen LogP contribution in [0.15, 0.2) is 72.8 Å². The van der Waals surface area contributed by atoms with Gasteiger partial charge >= 0.3 is 0 Å². The fourth-order valence-corrected chi connectivity index (χ4v) is 4.54. The highest BCUT2D eigenvalue weighted by atomic mass is 35.5. The molecule has 0 aromatic heterocycles. The van der Waals surface area contributed by atoms with Crippen LogP contribution in [0.4, 0.5) is 0 Å². The smallest absolute Gasteiger partial charge is 0.139 e. The number of para-hydroxylation sites is 1. The Bertz CT molecular complexity index is 1020. The summed E-state index contributed by atoms with van der Waals surface area (Å²) in [5.41, 5.74) is 3.56. The van der Waals surface area contributed by atoms with Gasteiger partial charge in [-0.3, -0.25) is 4.90 Å². The first-order valence-corrected chi connectivity index (χ1v) is 12.0. The maximum absolute atomic E-state index is 6.50. The Kier molecular flexibility index (Phi) is 8.27. The molecular weight excluding hydrogens is 432 g/mol. The van der Waals surface area contributed by atoms with E-state index in [2.05, 4.69) is 53.1 Å². The molecule has 0 aliphatic carbocycles. The van der Waals surface area contributed by atoms with E-state index < -0.39 is 0 Å². The maximum Gasteiger partial charge on any atom is 0.139 e. The van der Waals surface area contributed by atoms with Crippen LogP contribution in [0.25, 0.3) is 0 Å². The molecule has 1 atom stereocenters. The molecule has 1 aliphatic rings. The lowest BCUT2D eigenvalue weighted by Gasteiger charge is -2.35. The molecule has 0 radical (unpaired) electrons. The Balaban J connectivity index is 1.40. The lowest BCUT2D eigenvalue weighted by atomic mass is 10.0. The Hall–Kier alpha value is -2.53. The van der Waals surface area contributed by atoms with E-state index in [-0.39, 0.29) is 6.10 Å². The second-order valence-electron chi connectivity index (χ2n) is 8.67. The van der Waals surface area contributed by atoms with Crippen molar-refractivity contribution in [2.24, 2.45) is 0 Å². The molecule has 0 unspecified atom stereocenters. The van der Waals surface area contributed by atoms with Crippen LogP contribution in [-0.2, 0) is 6.54 Å². The molecule has 0 spiro atoms. The zero-order chi connectivity index (χ0) is 23.0. The number of piperazine rings is 1. The molecule has 5 heteroatoms. The first-order chi connectivity index (χ1) is 16.1. The third-order valence-corrected chi connectivity index (χ3v) is 6.58. The van der Waals surface area contributed by atoms with Gasteiger partial charge < -0.3 is 14.4 Å². The van der Waals surface area contributed by atoms with Crippen LogP contribution >= 0.6 is 11.6 Å². The Morgan fingerprint density at radius 3 is 2.30 bits per heavy atom. The second kappa shape index (κ2) is 11.6. The van der Waals surface area contributed by atoms with Crippen LogP contribution in [0.3, 0.4) is 0 Å². The zero-order valence-corrected chi connectivity index (χ0v) is 20.3. The van der Waals surface area contributed by atoms with Gasteiger partial charge in [-0.2, -0.15) is 0 Å². The van der Waals surface area contributed by atoms with Crippen LogP contribution in [-0.4, -0.2) is 49.6 Å². The number of halogens is 1. The normalized spacial score (nSPS) is 15.8. The van der Waals surface area contributed by atoms with Crippen molar-refractivity contribution in [3.63, 3.8) is 0 Å². The van der Waals surface area contributed by atoms with Gasteiger partial charge in [0.15, 0.2) is 0 Å². The van der Waals surface area contributed by atoms with Gasteiger partial charge in [-0.05, 0) is 36.2 Å². The Morgan fingerprint density at radius 2 is 1.55 bits per heavy atom. The quantitative estimate of drug-likeness (QED) is 0.388. The fraction of sp³-hybridized carbons (Fsp3) is 0.357. The molecule has 1 aliphatic heterocycles. The van der Waals surface area contributed by atoms with Gasteiger partial charge in [0, 0.05) is 51.3 Å². The summed E-state index contributed by atoms with van der Waals surface area (Å²) < 4.78 is 12.1. The van der Waals surface area contributed by atoms with Crippen LogP contribution in [0, 0.1) is 6.92 Å². The number of rotatable bonds is 9. The minimum absolute atomic E-state index is 0.136. The largest absolute Gasteiger partial charge is 0.496 e. The number of methoxy groups -OCH3 is 1. The lowest BCUT2D eigenvalue weighted by molar-refractivity contribution is 0.106. The molecule has 0 N–H and O–H groups in total. The van der Waals surface area contributed by atoms with Crippen molar-refractivity contribution in [1.29, 1.82) is 0 Å². The molecule has 4 nitrogen and oxygen atoms in total. The molecule has 1 saturated heterocycles. The van der Waals surface area contributed by atoms with Crippen molar-refractivity contribution in [3.8, 4) is 11.5 Å². The number of ether oxygens (including phenoxy) is 2. The molecule has 33 heavy (non-hydrogen) atoms. The van der Waals surface area contributed by atoms with Crippen molar-refractivity contribution in [1.82, 2.24) is 9.80 Å². The average Bonchev–Trinajstić information content (AvgIpc) is 2.85. The third-order valence-electron chi connectivity index (χ3n) is 6.26. The van der Waals surface area contributed by atoms with Crippen LogP contribution in [0.5, 0.6) is 11.5 Å². The molecule has 4 rings (SSSR count). The van der Waals surface area contributed by atoms with Crippen LogP contribution in [0.2, 0.25) is 5.02 Å². The van der Waals surface area contributed by atoms with Gasteiger partial charge in [-0.25, -0.2) is 0 Å². The molecule has 0 amide bonds. The second-order valence-corrected chi connectivity index (χ2v) is 9.08. The SMILES string of the molecule is COc1ccccc1[C@H](CCN1CCN(Cc2ccccc2)CC1)Oc1cc(C)ccc1Cl. The monoisotopic (exact) mass is 464 g/mol. The standard InChI is InChI=1S/C28H33ClN2O2/c1-22-12-13-25(29)28(20-22)33-27(24-10-6-7-11-26(24)32-2)14-15-30-16-18-31(19-17-30)21-23-8-4-3-5-9-23/h3-13,20,27H,14-19,21H2,1-2H3/t27-/m0/s1. The van der Waals surface area contributed by atoms with E-state index in [1.54, 1.807) is 7.11 Å². The topological polar surface area (TPSA) is 24.9 Å². The van der Waals surface area contributed by atoms with E-state index in [0.29, 0.717) is 5.02 Å². The summed E-state index contributed by atoms with van der Waals surface area (Å²) in [7, 11) is 1.71. The molecular formula is C28H33ClN2O2. The van der Waals surface area contributed by atoms with Gasteiger partial charge in [-0.15, -0.1) is 0 Å². The molecule has 1 heterocycles. The highest BCUT2D eigenvalue weighted by molar-refractivity contribution is 6.32. The molecule has 3 aromatic carbocycles. The van der Waals surface area contributed by atoms with Gasteiger partial charge in [0.1, 0.15) is 17.6 Å². The van der Waals surface area contributed by atoms with Crippen molar-refractivity contribution in [3.05, 3.63) is 94.5 Å². The molecule has 3 aromatic rings. The highest BCUT2D eigenvalue weighted by Crippen LogP contribution is 2.35. The van der Waals surface area contributed by atoms with E-state index in [0.717, 1.165) is 68.3 Å². The Morgan fingerprint density at radius 1 is 0.848 bits per heavy atom. The number of nitrogens with zero attached hydrogens (tertiary/aromatic N) is 2. The maximum atomic E-state index is 6.50. The lowest BCUT2D eigenvalue weighted by Crippen LogP contribution is -2.46. The average molecular weight is 465 g/mol. The predicted molar refractivity (Wildman–Crippen MR) is 135 cm³/mol. The first kappa shape index (κ1) is 23.6. The third kappa shape index (κ3) is 6.50. The summed E-state index contributed by atoms with van der Waals surface area (Å²) in [5.74, 6) is 1.57. The van der Waals surface area contributed by atoms with E-state index in [9.17, 15) is 0 Å². The van der Waals surface area contributed by atoms with E-state index in [4.69, 9.17) is 21.1 Å². The van der Waals surface area contributed by atoms with Crippen molar-refractivity contribution in [2.45, 2.75) is 26.0 Å². The molecule has 0 saturated carbocycles. The van der Waals surface area contributed by atoms with Gasteiger partial charge in [-0.1, -0.05) is 66.2 Å². The van der Waals surface area contributed by atoms with Crippen LogP contribution in [0.1, 0.15) is 29.2 Å². The minimum Gasteiger partial charge on any atom is -0.496 e. The van der Waals surface area contributed by atoms with Gasteiger partial charge in [0.25, 0.3) is 0 Å². The van der Waals surface area contributed by atoms with Gasteiger partial charge in [0.2, 0.25) is 0 Å². The number of hydrogen-bond donors (Lipinski definition) is 0. The first-order valence-electron chi connectivity index (χ1n) is 11.7. The molecule has 174 valence electrons. The van der Waals surface area contributed by atoms with E-state index in [1.165, 1.54) is 5.56 Å². The number of hydrogen-bond acceptors (Lipinski definition) is 4. The number of benzene rings is 3. The van der Waals surface area contributed by atoms with Gasteiger partial charge in [0.05, 0.1) is 12.1 Å². The predicted octanol–water partition coefficient (Wildman–Crippen LogP) is 5.99. The van der Waals surface area contributed by atoms with Crippen molar-refractivity contribution < 1.29 is 9.47 Å². The summed E-state index contributed by atoms with van der Waals surface area (Å²) >= 11 is 6.46. The van der Waals surface area contributed by atoms with E-state index >= 15 is 0 Å². The fourth-order valence-electron chi connectivity index (χ4n) is 4.38. The summed E-state index contributed by atoms with van der Waals surface area (Å²) in [5, 5.41) is 0.634. The molecule has 1 fully saturated rings. The summed E-state index contributed by atoms with van der Waals surface area (Å²) in [6.45, 7) is 8.33. The molecule has 0 bridgehead atoms. The minimum atomic E-state index is -0.136. The summed E-state index contributed by atoms with van der Waals surface area (Å²) in [6.07, 6.45) is 0.728. The zero-order valence-electron chi connectivity index (χ0n) is 19.5. The van der Waals surface area contributed by atoms with Crippen molar-refractivity contribution >= 4 is 11.6 Å². The van der Waals surface area contributed by atoms with Crippen LogP contribution < -0.4 is 9.47 Å².